The third kappa shape index (κ3) is 4.13. The molecule has 0 aliphatic heterocycles. The Bertz CT molecular complexity index is 1070. The summed E-state index contributed by atoms with van der Waals surface area (Å²) in [5.74, 6) is 0.467. The minimum absolute atomic E-state index is 0.0950. The molecule has 29 heavy (non-hydrogen) atoms. The molecule has 152 valence electrons. The molecule has 3 aromatic rings. The van der Waals surface area contributed by atoms with Crippen LogP contribution in [0.1, 0.15) is 16.1 Å². The molecule has 11 heteroatoms. The zero-order valence-corrected chi connectivity index (χ0v) is 16.1. The molecule has 0 aliphatic rings. The van der Waals surface area contributed by atoms with Crippen LogP contribution in [0.25, 0.3) is 5.65 Å². The number of carbonyl (C=O) groups excluding carboxylic acids is 2. The van der Waals surface area contributed by atoms with E-state index >= 15 is 0 Å². The Labute approximate surface area is 166 Å². The molecule has 3 rings (SSSR count). The summed E-state index contributed by atoms with van der Waals surface area (Å²) in [6.45, 7) is 1.63. The van der Waals surface area contributed by atoms with Gasteiger partial charge >= 0.3 is 0 Å². The molecule has 0 radical (unpaired) electrons. The van der Waals surface area contributed by atoms with Gasteiger partial charge in [0.1, 0.15) is 22.9 Å². The van der Waals surface area contributed by atoms with Crippen LogP contribution in [0.5, 0.6) is 11.5 Å². The maximum Gasteiger partial charge on any atom is 0.256 e. The molecule has 6 N–H and O–H groups in total. The molecule has 0 bridgehead atoms. The van der Waals surface area contributed by atoms with Crippen molar-refractivity contribution in [2.24, 2.45) is 11.5 Å². The van der Waals surface area contributed by atoms with Crippen LogP contribution in [-0.2, 0) is 4.79 Å². The molecule has 0 saturated carbocycles. The van der Waals surface area contributed by atoms with Crippen LogP contribution >= 0.6 is 0 Å². The van der Waals surface area contributed by atoms with E-state index in [9.17, 15) is 9.59 Å². The first-order valence-corrected chi connectivity index (χ1v) is 8.54. The van der Waals surface area contributed by atoms with Crippen LogP contribution in [0.4, 0.5) is 17.3 Å². The van der Waals surface area contributed by atoms with Gasteiger partial charge in [-0.15, -0.1) is 5.10 Å². The average Bonchev–Trinajstić information content (AvgIpc) is 3.03. The summed E-state index contributed by atoms with van der Waals surface area (Å²) in [7, 11) is 3.06. The number of anilines is 3. The number of primary amides is 2. The number of aromatic nitrogens is 3. The largest absolute Gasteiger partial charge is 0.497 e. The summed E-state index contributed by atoms with van der Waals surface area (Å²) in [5.41, 5.74) is 12.3. The number of nitrogens with two attached hydrogens (primary N) is 2. The van der Waals surface area contributed by atoms with Crippen molar-refractivity contribution in [3.05, 3.63) is 35.5 Å². The van der Waals surface area contributed by atoms with Crippen LogP contribution in [0.3, 0.4) is 0 Å². The van der Waals surface area contributed by atoms with Crippen molar-refractivity contribution in [3.8, 4) is 11.5 Å². The van der Waals surface area contributed by atoms with E-state index in [0.29, 0.717) is 28.7 Å². The minimum atomic E-state index is -0.712. The molecule has 2 amide bonds. The third-order valence-corrected chi connectivity index (χ3v) is 4.02. The Balaban J connectivity index is 2.12. The Hall–Kier alpha value is -4.02. The number of nitrogens with one attached hydrogen (secondary N) is 2. The maximum absolute atomic E-state index is 12.2. The maximum atomic E-state index is 12.2. The highest BCUT2D eigenvalue weighted by Crippen LogP contribution is 2.30. The topological polar surface area (TPSA) is 159 Å². The number of fused-ring (bicyclic) bond motifs is 1. The quantitative estimate of drug-likeness (QED) is 0.433. The molecule has 0 atom stereocenters. The molecular weight excluding hydrogens is 378 g/mol. The zero-order valence-electron chi connectivity index (χ0n) is 16.1. The molecule has 0 aliphatic carbocycles. The van der Waals surface area contributed by atoms with Crippen molar-refractivity contribution >= 4 is 34.8 Å². The van der Waals surface area contributed by atoms with E-state index < -0.39 is 11.8 Å². The van der Waals surface area contributed by atoms with Gasteiger partial charge in [-0.25, -0.2) is 4.98 Å². The fraction of sp³-hybridized carbons (Fsp3) is 0.222. The molecule has 0 unspecified atom stereocenters. The van der Waals surface area contributed by atoms with Gasteiger partial charge in [0.05, 0.1) is 20.8 Å². The van der Waals surface area contributed by atoms with Gasteiger partial charge in [-0.2, -0.15) is 4.52 Å². The Morgan fingerprint density at radius 3 is 2.31 bits per heavy atom. The summed E-state index contributed by atoms with van der Waals surface area (Å²) < 4.78 is 11.9. The predicted octanol–water partition coefficient (Wildman–Crippen LogP) is 0.795. The minimum Gasteiger partial charge on any atom is -0.497 e. The molecule has 0 saturated heterocycles. The number of carbonyl (C=O) groups is 2. The molecule has 1 aromatic carbocycles. The summed E-state index contributed by atoms with van der Waals surface area (Å²) in [6.07, 6.45) is 0. The number of hydrogen-bond donors (Lipinski definition) is 4. The molecule has 0 spiro atoms. The van der Waals surface area contributed by atoms with E-state index in [1.807, 2.05) is 0 Å². The standard InChI is InChI=1S/C18H21N7O4/c1-9-4-14(21-8-13(19)26)25-18(22-9)15(16(20)27)17(24-25)23-10-5-11(28-2)7-12(6-10)29-3/h4-7,21H,8H2,1-3H3,(H2,19,26)(H2,20,27)(H,23,24). The second-order valence-corrected chi connectivity index (χ2v) is 6.15. The number of aryl methyl sites for hydroxylation is 1. The van der Waals surface area contributed by atoms with Gasteiger partial charge < -0.3 is 31.6 Å². The lowest BCUT2D eigenvalue weighted by molar-refractivity contribution is -0.116. The Morgan fingerprint density at radius 1 is 1.10 bits per heavy atom. The highest BCUT2D eigenvalue weighted by Gasteiger charge is 2.22. The van der Waals surface area contributed by atoms with E-state index in [0.717, 1.165) is 0 Å². The first-order chi connectivity index (χ1) is 13.8. The Morgan fingerprint density at radius 2 is 1.76 bits per heavy atom. The predicted molar refractivity (Wildman–Crippen MR) is 107 cm³/mol. The van der Waals surface area contributed by atoms with E-state index in [-0.39, 0.29) is 23.6 Å². The highest BCUT2D eigenvalue weighted by atomic mass is 16.5. The van der Waals surface area contributed by atoms with Crippen molar-refractivity contribution in [1.29, 1.82) is 0 Å². The number of amides is 2. The third-order valence-electron chi connectivity index (χ3n) is 4.02. The lowest BCUT2D eigenvalue weighted by atomic mass is 10.2. The van der Waals surface area contributed by atoms with Crippen LogP contribution in [0.2, 0.25) is 0 Å². The second-order valence-electron chi connectivity index (χ2n) is 6.15. The fourth-order valence-electron chi connectivity index (χ4n) is 2.77. The molecular formula is C18H21N7O4. The van der Waals surface area contributed by atoms with Gasteiger partial charge in [0.25, 0.3) is 5.91 Å². The SMILES string of the molecule is COc1cc(Nc2nn3c(NCC(N)=O)cc(C)nc3c2C(N)=O)cc(OC)c1. The normalized spacial score (nSPS) is 10.6. The van der Waals surface area contributed by atoms with Crippen LogP contribution in [-0.4, -0.2) is 47.2 Å². The van der Waals surface area contributed by atoms with E-state index in [1.54, 1.807) is 31.2 Å². The highest BCUT2D eigenvalue weighted by molar-refractivity contribution is 6.04. The van der Waals surface area contributed by atoms with E-state index in [1.165, 1.54) is 18.7 Å². The Kier molecular flexibility index (Phi) is 5.39. The van der Waals surface area contributed by atoms with Gasteiger partial charge in [-0.1, -0.05) is 0 Å². The van der Waals surface area contributed by atoms with Crippen LogP contribution < -0.4 is 31.6 Å². The van der Waals surface area contributed by atoms with Gasteiger partial charge in [0.15, 0.2) is 11.5 Å². The average molecular weight is 399 g/mol. The summed E-state index contributed by atoms with van der Waals surface area (Å²) >= 11 is 0. The van der Waals surface area contributed by atoms with Crippen LogP contribution in [0, 0.1) is 6.92 Å². The summed E-state index contributed by atoms with van der Waals surface area (Å²) in [4.78, 5) is 27.7. The first-order valence-electron chi connectivity index (χ1n) is 8.54. The molecule has 0 fully saturated rings. The fourth-order valence-corrected chi connectivity index (χ4v) is 2.77. The van der Waals surface area contributed by atoms with Gasteiger partial charge in [0, 0.05) is 35.6 Å². The summed E-state index contributed by atoms with van der Waals surface area (Å²) in [5, 5.41) is 10.3. The zero-order chi connectivity index (χ0) is 21.1. The number of rotatable bonds is 8. The molecule has 11 nitrogen and oxygen atoms in total. The number of nitrogens with zero attached hydrogens (tertiary/aromatic N) is 3. The summed E-state index contributed by atoms with van der Waals surface area (Å²) in [6, 6.07) is 6.80. The van der Waals surface area contributed by atoms with Gasteiger partial charge in [-0.05, 0) is 6.92 Å². The van der Waals surface area contributed by atoms with Crippen molar-refractivity contribution in [1.82, 2.24) is 14.6 Å². The van der Waals surface area contributed by atoms with Crippen molar-refractivity contribution in [3.63, 3.8) is 0 Å². The van der Waals surface area contributed by atoms with Crippen molar-refractivity contribution < 1.29 is 19.1 Å². The number of hydrogen-bond acceptors (Lipinski definition) is 8. The number of ether oxygens (including phenoxy) is 2. The molecule has 2 heterocycles. The smallest absolute Gasteiger partial charge is 0.256 e. The van der Waals surface area contributed by atoms with Crippen LogP contribution in [0.15, 0.2) is 24.3 Å². The lowest BCUT2D eigenvalue weighted by Gasteiger charge is -2.09. The number of methoxy groups -OCH3 is 2. The monoisotopic (exact) mass is 399 g/mol. The van der Waals surface area contributed by atoms with E-state index in [4.69, 9.17) is 20.9 Å². The van der Waals surface area contributed by atoms with Gasteiger partial charge in [-0.3, -0.25) is 9.59 Å². The first kappa shape index (κ1) is 19.7. The van der Waals surface area contributed by atoms with Crippen molar-refractivity contribution in [2.45, 2.75) is 6.92 Å². The second kappa shape index (κ2) is 7.92. The van der Waals surface area contributed by atoms with Crippen molar-refractivity contribution in [2.75, 3.05) is 31.4 Å². The number of benzene rings is 1. The lowest BCUT2D eigenvalue weighted by Crippen LogP contribution is -2.23. The molecule has 2 aromatic heterocycles. The van der Waals surface area contributed by atoms with E-state index in [2.05, 4.69) is 20.7 Å². The van der Waals surface area contributed by atoms with Gasteiger partial charge in [0.2, 0.25) is 5.91 Å².